The second-order valence-electron chi connectivity index (χ2n) is 5.73. The van der Waals surface area contributed by atoms with Crippen LogP contribution in [-0.4, -0.2) is 54.7 Å². The molecule has 26 heavy (non-hydrogen) atoms. The molecule has 136 valence electrons. The molecule has 0 spiro atoms. The van der Waals surface area contributed by atoms with E-state index < -0.39 is 0 Å². The Balaban J connectivity index is 1.72. The van der Waals surface area contributed by atoms with Crippen LogP contribution in [-0.2, 0) is 9.47 Å². The van der Waals surface area contributed by atoms with Crippen molar-refractivity contribution in [3.8, 4) is 0 Å². The van der Waals surface area contributed by atoms with Crippen LogP contribution in [0.4, 0.5) is 11.4 Å². The SMILES string of the molecule is CCOC(=O)c1ccccc1Nc1ccc(C(=O)N2CCOCC2)nc1. The first kappa shape index (κ1) is 17.9. The Labute approximate surface area is 151 Å². The highest BCUT2D eigenvalue weighted by Gasteiger charge is 2.19. The van der Waals surface area contributed by atoms with E-state index in [0.29, 0.717) is 55.5 Å². The molecular formula is C19H21N3O4. The van der Waals surface area contributed by atoms with Crippen molar-refractivity contribution in [1.29, 1.82) is 0 Å². The number of carbonyl (C=O) groups excluding carboxylic acids is 2. The van der Waals surface area contributed by atoms with Crippen molar-refractivity contribution in [2.75, 3.05) is 38.2 Å². The number of aromatic nitrogens is 1. The number of nitrogens with zero attached hydrogens (tertiary/aromatic N) is 2. The lowest BCUT2D eigenvalue weighted by molar-refractivity contribution is 0.0299. The number of pyridine rings is 1. The third kappa shape index (κ3) is 4.18. The molecule has 1 saturated heterocycles. The summed E-state index contributed by atoms with van der Waals surface area (Å²) in [6.07, 6.45) is 1.58. The quantitative estimate of drug-likeness (QED) is 0.830. The van der Waals surface area contributed by atoms with E-state index in [1.54, 1.807) is 48.4 Å². The zero-order valence-corrected chi connectivity index (χ0v) is 14.6. The number of nitrogens with one attached hydrogen (secondary N) is 1. The van der Waals surface area contributed by atoms with Crippen molar-refractivity contribution in [3.63, 3.8) is 0 Å². The Kier molecular flexibility index (Phi) is 5.80. The van der Waals surface area contributed by atoms with Gasteiger partial charge in [0.05, 0.1) is 43.0 Å². The molecule has 0 aliphatic carbocycles. The molecule has 0 atom stereocenters. The number of rotatable bonds is 5. The molecule has 1 aromatic heterocycles. The van der Waals surface area contributed by atoms with Crippen LogP contribution in [0, 0.1) is 0 Å². The lowest BCUT2D eigenvalue weighted by Crippen LogP contribution is -2.41. The number of morpholine rings is 1. The second-order valence-corrected chi connectivity index (χ2v) is 5.73. The van der Waals surface area contributed by atoms with E-state index in [1.807, 2.05) is 6.07 Å². The minimum Gasteiger partial charge on any atom is -0.462 e. The zero-order valence-electron chi connectivity index (χ0n) is 14.6. The minimum atomic E-state index is -0.386. The summed E-state index contributed by atoms with van der Waals surface area (Å²) in [5.74, 6) is -0.491. The van der Waals surface area contributed by atoms with E-state index >= 15 is 0 Å². The highest BCUT2D eigenvalue weighted by Crippen LogP contribution is 2.21. The predicted octanol–water partition coefficient (Wildman–Crippen LogP) is 2.47. The van der Waals surface area contributed by atoms with Gasteiger partial charge >= 0.3 is 5.97 Å². The Bertz CT molecular complexity index is 771. The summed E-state index contributed by atoms with van der Waals surface area (Å²) in [6.45, 7) is 4.34. The molecule has 0 unspecified atom stereocenters. The molecule has 7 heteroatoms. The summed E-state index contributed by atoms with van der Waals surface area (Å²) in [5, 5.41) is 3.15. The maximum atomic E-state index is 12.4. The average molecular weight is 355 g/mol. The van der Waals surface area contributed by atoms with Crippen LogP contribution in [0.5, 0.6) is 0 Å². The molecule has 1 N–H and O–H groups in total. The lowest BCUT2D eigenvalue weighted by Gasteiger charge is -2.26. The molecule has 1 aliphatic heterocycles. The molecule has 0 radical (unpaired) electrons. The normalized spacial score (nSPS) is 14.0. The van der Waals surface area contributed by atoms with Gasteiger partial charge in [-0.1, -0.05) is 12.1 Å². The summed E-state index contributed by atoms with van der Waals surface area (Å²) in [6, 6.07) is 10.5. The van der Waals surface area contributed by atoms with Crippen molar-refractivity contribution in [1.82, 2.24) is 9.88 Å². The maximum absolute atomic E-state index is 12.4. The van der Waals surface area contributed by atoms with Crippen LogP contribution >= 0.6 is 0 Å². The summed E-state index contributed by atoms with van der Waals surface area (Å²) in [7, 11) is 0. The van der Waals surface area contributed by atoms with Gasteiger partial charge in [0, 0.05) is 13.1 Å². The van der Waals surface area contributed by atoms with E-state index in [4.69, 9.17) is 9.47 Å². The highest BCUT2D eigenvalue weighted by molar-refractivity contribution is 5.96. The van der Waals surface area contributed by atoms with E-state index in [0.717, 1.165) is 0 Å². The average Bonchev–Trinajstić information content (AvgIpc) is 2.69. The van der Waals surface area contributed by atoms with Crippen molar-refractivity contribution in [2.24, 2.45) is 0 Å². The molecule has 7 nitrogen and oxygen atoms in total. The molecule has 1 fully saturated rings. The third-order valence-corrected chi connectivity index (χ3v) is 3.98. The molecule has 2 heterocycles. The Morgan fingerprint density at radius 1 is 1.19 bits per heavy atom. The number of carbonyl (C=O) groups is 2. The number of amides is 1. The van der Waals surface area contributed by atoms with Crippen molar-refractivity contribution in [2.45, 2.75) is 6.92 Å². The molecule has 0 bridgehead atoms. The van der Waals surface area contributed by atoms with Gasteiger partial charge in [-0.25, -0.2) is 9.78 Å². The van der Waals surface area contributed by atoms with Gasteiger partial charge in [-0.05, 0) is 31.2 Å². The Morgan fingerprint density at radius 2 is 1.96 bits per heavy atom. The number of hydrogen-bond acceptors (Lipinski definition) is 6. The van der Waals surface area contributed by atoms with Gasteiger partial charge in [-0.3, -0.25) is 4.79 Å². The monoisotopic (exact) mass is 355 g/mol. The maximum Gasteiger partial charge on any atom is 0.340 e. The van der Waals surface area contributed by atoms with Crippen LogP contribution in [0.2, 0.25) is 0 Å². The standard InChI is InChI=1S/C19H21N3O4/c1-2-26-19(24)15-5-3-4-6-16(15)21-14-7-8-17(20-13-14)18(23)22-9-11-25-12-10-22/h3-8,13,21H,2,9-12H2,1H3. The van der Waals surface area contributed by atoms with Gasteiger partial charge in [-0.2, -0.15) is 0 Å². The van der Waals surface area contributed by atoms with Crippen LogP contribution in [0.15, 0.2) is 42.6 Å². The van der Waals surface area contributed by atoms with E-state index in [1.165, 1.54) is 0 Å². The number of para-hydroxylation sites is 1. The summed E-state index contributed by atoms with van der Waals surface area (Å²) in [5.41, 5.74) is 2.14. The topological polar surface area (TPSA) is 80.8 Å². The number of esters is 1. The molecule has 3 rings (SSSR count). The first-order valence-electron chi connectivity index (χ1n) is 8.55. The van der Waals surface area contributed by atoms with Crippen LogP contribution in [0.25, 0.3) is 0 Å². The van der Waals surface area contributed by atoms with Gasteiger partial charge in [0.15, 0.2) is 0 Å². The fourth-order valence-corrected chi connectivity index (χ4v) is 2.66. The number of ether oxygens (including phenoxy) is 2. The zero-order chi connectivity index (χ0) is 18.4. The first-order chi connectivity index (χ1) is 12.7. The Morgan fingerprint density at radius 3 is 2.65 bits per heavy atom. The van der Waals surface area contributed by atoms with Crippen molar-refractivity contribution in [3.05, 3.63) is 53.9 Å². The summed E-state index contributed by atoms with van der Waals surface area (Å²) < 4.78 is 10.3. The summed E-state index contributed by atoms with van der Waals surface area (Å²) >= 11 is 0. The third-order valence-electron chi connectivity index (χ3n) is 3.98. The molecule has 2 aromatic rings. The van der Waals surface area contributed by atoms with E-state index in [2.05, 4.69) is 10.3 Å². The first-order valence-corrected chi connectivity index (χ1v) is 8.55. The van der Waals surface area contributed by atoms with Crippen LogP contribution in [0.1, 0.15) is 27.8 Å². The van der Waals surface area contributed by atoms with E-state index in [-0.39, 0.29) is 11.9 Å². The molecule has 1 aliphatic rings. The molecule has 1 amide bonds. The van der Waals surface area contributed by atoms with E-state index in [9.17, 15) is 9.59 Å². The van der Waals surface area contributed by atoms with Gasteiger partial charge in [0.25, 0.3) is 5.91 Å². The number of hydrogen-bond donors (Lipinski definition) is 1. The predicted molar refractivity (Wildman–Crippen MR) is 96.6 cm³/mol. The number of anilines is 2. The fourth-order valence-electron chi connectivity index (χ4n) is 2.66. The smallest absolute Gasteiger partial charge is 0.340 e. The second kappa shape index (κ2) is 8.44. The molecule has 0 saturated carbocycles. The van der Waals surface area contributed by atoms with Gasteiger partial charge in [0.1, 0.15) is 5.69 Å². The highest BCUT2D eigenvalue weighted by atomic mass is 16.5. The largest absolute Gasteiger partial charge is 0.462 e. The van der Waals surface area contributed by atoms with Gasteiger partial charge < -0.3 is 19.7 Å². The van der Waals surface area contributed by atoms with Crippen LogP contribution < -0.4 is 5.32 Å². The van der Waals surface area contributed by atoms with Gasteiger partial charge in [-0.15, -0.1) is 0 Å². The Hall–Kier alpha value is -2.93. The minimum absolute atomic E-state index is 0.105. The van der Waals surface area contributed by atoms with Crippen LogP contribution in [0.3, 0.4) is 0 Å². The van der Waals surface area contributed by atoms with Crippen molar-refractivity contribution < 1.29 is 19.1 Å². The van der Waals surface area contributed by atoms with Crippen molar-refractivity contribution >= 4 is 23.3 Å². The van der Waals surface area contributed by atoms with Gasteiger partial charge in [0.2, 0.25) is 0 Å². The molecular weight excluding hydrogens is 334 g/mol. The molecule has 1 aromatic carbocycles. The fraction of sp³-hybridized carbons (Fsp3) is 0.316. The number of benzene rings is 1. The lowest BCUT2D eigenvalue weighted by atomic mass is 10.1. The summed E-state index contributed by atoms with van der Waals surface area (Å²) in [4.78, 5) is 30.4.